The van der Waals surface area contributed by atoms with Crippen LogP contribution in [-0.4, -0.2) is 21.5 Å². The molecule has 0 radical (unpaired) electrons. The van der Waals surface area contributed by atoms with Crippen LogP contribution in [0.4, 0.5) is 4.39 Å². The van der Waals surface area contributed by atoms with E-state index in [2.05, 4.69) is 44.5 Å². The van der Waals surface area contributed by atoms with Gasteiger partial charge in [-0.3, -0.25) is 4.98 Å². The molecule has 0 spiro atoms. The highest BCUT2D eigenvalue weighted by Gasteiger charge is 2.15. The summed E-state index contributed by atoms with van der Waals surface area (Å²) in [4.78, 5) is 13.6. The third-order valence-corrected chi connectivity index (χ3v) is 6.50. The van der Waals surface area contributed by atoms with E-state index in [0.717, 1.165) is 47.2 Å². The molecule has 1 aliphatic heterocycles. The van der Waals surface area contributed by atoms with Gasteiger partial charge in [0.1, 0.15) is 5.82 Å². The maximum absolute atomic E-state index is 14.7. The van der Waals surface area contributed by atoms with Crippen LogP contribution in [0.5, 0.6) is 0 Å². The summed E-state index contributed by atoms with van der Waals surface area (Å²) in [5.74, 6) is -0.381. The Morgan fingerprint density at radius 3 is 2.71 bits per heavy atom. The van der Waals surface area contributed by atoms with Gasteiger partial charge in [0.2, 0.25) is 0 Å². The number of halogens is 2. The molecule has 0 unspecified atom stereocenters. The highest BCUT2D eigenvalue weighted by Crippen LogP contribution is 2.35. The molecular formula is C28H20ClFN4. The fraction of sp³-hybridized carbons (Fsp3) is 0.107. The molecule has 6 heteroatoms. The number of rotatable bonds is 3. The van der Waals surface area contributed by atoms with E-state index >= 15 is 0 Å². The third kappa shape index (κ3) is 3.83. The first-order chi connectivity index (χ1) is 16.7. The summed E-state index contributed by atoms with van der Waals surface area (Å²) in [7, 11) is 0. The van der Waals surface area contributed by atoms with Crippen LogP contribution in [-0.2, 0) is 13.0 Å². The lowest BCUT2D eigenvalue weighted by molar-refractivity contribution is 0.631. The zero-order valence-corrected chi connectivity index (χ0v) is 19.0. The normalized spacial score (nSPS) is 13.1. The Morgan fingerprint density at radius 1 is 0.853 bits per heavy atom. The maximum Gasteiger partial charge on any atom is 0.160 e. The quantitative estimate of drug-likeness (QED) is 0.331. The van der Waals surface area contributed by atoms with E-state index in [4.69, 9.17) is 11.6 Å². The van der Waals surface area contributed by atoms with E-state index in [1.165, 1.54) is 23.3 Å². The molecule has 0 amide bonds. The summed E-state index contributed by atoms with van der Waals surface area (Å²) >= 11 is 6.16. The Hall–Kier alpha value is -3.67. The molecule has 34 heavy (non-hydrogen) atoms. The summed E-state index contributed by atoms with van der Waals surface area (Å²) in [5, 5.41) is 4.74. The fourth-order valence-corrected chi connectivity index (χ4v) is 4.70. The average Bonchev–Trinajstić information content (AvgIpc) is 2.89. The van der Waals surface area contributed by atoms with Gasteiger partial charge in [-0.2, -0.15) is 0 Å². The van der Waals surface area contributed by atoms with Crippen LogP contribution in [0.3, 0.4) is 0 Å². The minimum atomic E-state index is -0.381. The second kappa shape index (κ2) is 8.60. The summed E-state index contributed by atoms with van der Waals surface area (Å²) in [6.45, 7) is 1.90. The second-order valence-electron chi connectivity index (χ2n) is 8.43. The van der Waals surface area contributed by atoms with Crippen molar-refractivity contribution in [1.82, 2.24) is 20.3 Å². The zero-order valence-electron chi connectivity index (χ0n) is 18.2. The first-order valence-corrected chi connectivity index (χ1v) is 11.5. The van der Waals surface area contributed by atoms with Crippen LogP contribution >= 0.6 is 11.6 Å². The number of fused-ring (bicyclic) bond motifs is 2. The van der Waals surface area contributed by atoms with Crippen molar-refractivity contribution < 1.29 is 4.39 Å². The van der Waals surface area contributed by atoms with Crippen LogP contribution in [0, 0.1) is 5.82 Å². The smallest absolute Gasteiger partial charge is 0.160 e. The zero-order chi connectivity index (χ0) is 23.1. The van der Waals surface area contributed by atoms with Gasteiger partial charge in [-0.15, -0.1) is 0 Å². The van der Waals surface area contributed by atoms with E-state index in [-0.39, 0.29) is 5.82 Å². The van der Waals surface area contributed by atoms with Gasteiger partial charge in [0.15, 0.2) is 5.65 Å². The van der Waals surface area contributed by atoms with Crippen LogP contribution in [0.25, 0.3) is 44.5 Å². The van der Waals surface area contributed by atoms with Crippen molar-refractivity contribution in [3.05, 3.63) is 101 Å². The lowest BCUT2D eigenvalue weighted by Gasteiger charge is -2.18. The van der Waals surface area contributed by atoms with E-state index in [9.17, 15) is 4.39 Å². The van der Waals surface area contributed by atoms with Gasteiger partial charge >= 0.3 is 0 Å². The van der Waals surface area contributed by atoms with Crippen molar-refractivity contribution in [2.45, 2.75) is 13.0 Å². The number of aromatic nitrogens is 3. The van der Waals surface area contributed by atoms with Crippen LogP contribution in [0.15, 0.2) is 79.3 Å². The Labute approximate surface area is 201 Å². The van der Waals surface area contributed by atoms with Gasteiger partial charge in [-0.05, 0) is 77.7 Å². The van der Waals surface area contributed by atoms with Crippen molar-refractivity contribution in [2.75, 3.05) is 6.54 Å². The number of hydrogen-bond donors (Lipinski definition) is 1. The number of nitrogens with one attached hydrogen (secondary N) is 1. The minimum absolute atomic E-state index is 0.341. The lowest BCUT2D eigenvalue weighted by atomic mass is 9.94. The SMILES string of the molecule is Fc1ccc(Cl)cc1-c1cc(-c2cncc(-c3ccc4c(c3)CCNC4)c2)c2cccnc2n1. The maximum atomic E-state index is 14.7. The molecule has 166 valence electrons. The van der Waals surface area contributed by atoms with Gasteiger partial charge in [-0.1, -0.05) is 29.8 Å². The van der Waals surface area contributed by atoms with E-state index in [1.54, 1.807) is 12.3 Å². The van der Waals surface area contributed by atoms with Gasteiger partial charge in [0.05, 0.1) is 5.69 Å². The van der Waals surface area contributed by atoms with Crippen molar-refractivity contribution in [3.8, 4) is 33.5 Å². The molecule has 1 N–H and O–H groups in total. The number of pyridine rings is 3. The Balaban J connectivity index is 1.51. The van der Waals surface area contributed by atoms with Crippen LogP contribution in [0.1, 0.15) is 11.1 Å². The molecule has 0 atom stereocenters. The van der Waals surface area contributed by atoms with Crippen molar-refractivity contribution >= 4 is 22.6 Å². The second-order valence-corrected chi connectivity index (χ2v) is 8.86. The van der Waals surface area contributed by atoms with E-state index in [1.807, 2.05) is 30.6 Å². The molecular weight excluding hydrogens is 447 g/mol. The molecule has 0 bridgehead atoms. The van der Waals surface area contributed by atoms with Crippen LogP contribution < -0.4 is 5.32 Å². The largest absolute Gasteiger partial charge is 0.312 e. The molecule has 4 nitrogen and oxygen atoms in total. The predicted octanol–water partition coefficient (Wildman–Crippen LogP) is 6.46. The molecule has 2 aromatic carbocycles. The van der Waals surface area contributed by atoms with Crippen molar-refractivity contribution in [3.63, 3.8) is 0 Å². The van der Waals surface area contributed by atoms with Gasteiger partial charge in [-0.25, -0.2) is 14.4 Å². The number of benzene rings is 2. The van der Waals surface area contributed by atoms with Crippen molar-refractivity contribution in [1.29, 1.82) is 0 Å². The molecule has 5 aromatic rings. The monoisotopic (exact) mass is 466 g/mol. The van der Waals surface area contributed by atoms with Gasteiger partial charge in [0, 0.05) is 52.2 Å². The van der Waals surface area contributed by atoms with E-state index < -0.39 is 0 Å². The average molecular weight is 467 g/mol. The summed E-state index contributed by atoms with van der Waals surface area (Å²) < 4.78 is 14.7. The van der Waals surface area contributed by atoms with Crippen LogP contribution in [0.2, 0.25) is 5.02 Å². The first-order valence-electron chi connectivity index (χ1n) is 11.2. The molecule has 0 saturated carbocycles. The predicted molar refractivity (Wildman–Crippen MR) is 134 cm³/mol. The Bertz CT molecular complexity index is 1550. The molecule has 0 aliphatic carbocycles. The third-order valence-electron chi connectivity index (χ3n) is 6.26. The molecule has 6 rings (SSSR count). The number of nitrogens with zero attached hydrogens (tertiary/aromatic N) is 3. The molecule has 3 aromatic heterocycles. The standard InChI is InChI=1S/C28H20ClFN4/c29-22-5-6-26(30)25(12-22)27-13-24(23-2-1-8-33-28(23)34-27)21-11-20(15-32-16-21)17-3-4-19-14-31-9-7-18(19)10-17/h1-6,8,10-13,15-16,31H,7,9,14H2. The fourth-order valence-electron chi connectivity index (χ4n) is 4.53. The Kier molecular flexibility index (Phi) is 5.28. The van der Waals surface area contributed by atoms with E-state index in [0.29, 0.717) is 21.9 Å². The number of hydrogen-bond acceptors (Lipinski definition) is 4. The summed E-state index contributed by atoms with van der Waals surface area (Å²) in [6.07, 6.45) is 6.41. The summed E-state index contributed by atoms with van der Waals surface area (Å²) in [6, 6.07) is 18.9. The molecule has 0 saturated heterocycles. The topological polar surface area (TPSA) is 50.7 Å². The highest BCUT2D eigenvalue weighted by atomic mass is 35.5. The Morgan fingerprint density at radius 2 is 1.76 bits per heavy atom. The first kappa shape index (κ1) is 20.9. The molecule has 0 fully saturated rings. The van der Waals surface area contributed by atoms with Crippen molar-refractivity contribution in [2.24, 2.45) is 0 Å². The summed E-state index contributed by atoms with van der Waals surface area (Å²) in [5.41, 5.74) is 8.06. The van der Waals surface area contributed by atoms with Gasteiger partial charge in [0.25, 0.3) is 0 Å². The molecule has 4 heterocycles. The highest BCUT2D eigenvalue weighted by molar-refractivity contribution is 6.30. The minimum Gasteiger partial charge on any atom is -0.312 e. The molecule has 1 aliphatic rings. The van der Waals surface area contributed by atoms with Gasteiger partial charge < -0.3 is 5.32 Å². The lowest BCUT2D eigenvalue weighted by Crippen LogP contribution is -2.23.